The molecule has 2 aromatic rings. The number of benzene rings is 1. The first-order valence-corrected chi connectivity index (χ1v) is 9.60. The largest absolute Gasteiger partial charge is 0.473 e. The van der Waals surface area contributed by atoms with Gasteiger partial charge in [-0.1, -0.05) is 0 Å². The van der Waals surface area contributed by atoms with Gasteiger partial charge in [0.1, 0.15) is 36.8 Å². The maximum absolute atomic E-state index is 11.1. The zero-order valence-electron chi connectivity index (χ0n) is 17.2. The van der Waals surface area contributed by atoms with E-state index in [2.05, 4.69) is 20.0 Å². The van der Waals surface area contributed by atoms with Crippen LogP contribution in [-0.2, 0) is 19.1 Å². The smallest absolute Gasteiger partial charge is 0.417 e. The second-order valence-electron chi connectivity index (χ2n) is 7.16. The van der Waals surface area contributed by atoms with Gasteiger partial charge in [-0.2, -0.15) is 0 Å². The van der Waals surface area contributed by atoms with E-state index in [1.54, 1.807) is 24.3 Å². The Hall–Kier alpha value is -3.32. The highest BCUT2D eigenvalue weighted by Crippen LogP contribution is 2.26. The number of aromatic nitrogens is 2. The van der Waals surface area contributed by atoms with Gasteiger partial charge in [-0.3, -0.25) is 0 Å². The van der Waals surface area contributed by atoms with Crippen molar-refractivity contribution in [1.29, 1.82) is 0 Å². The highest BCUT2D eigenvalue weighted by Gasteiger charge is 2.45. The van der Waals surface area contributed by atoms with E-state index in [4.69, 9.17) is 14.6 Å². The molecule has 0 spiro atoms. The van der Waals surface area contributed by atoms with Crippen LogP contribution in [0, 0.1) is 13.8 Å². The molecule has 0 radical (unpaired) electrons. The quantitative estimate of drug-likeness (QED) is 0.286. The maximum Gasteiger partial charge on any atom is 0.417 e. The van der Waals surface area contributed by atoms with Crippen LogP contribution in [0.1, 0.15) is 11.4 Å². The van der Waals surface area contributed by atoms with Crippen molar-refractivity contribution in [2.24, 2.45) is 0 Å². The van der Waals surface area contributed by atoms with Crippen LogP contribution in [0.5, 0.6) is 5.75 Å². The van der Waals surface area contributed by atoms with Gasteiger partial charge in [-0.05, 0) is 44.2 Å². The van der Waals surface area contributed by atoms with Gasteiger partial charge in [0.05, 0.1) is 0 Å². The van der Waals surface area contributed by atoms with Crippen molar-refractivity contribution >= 4 is 23.6 Å². The number of aliphatic hydroxyl groups is 3. The number of carbonyl (C=O) groups excluding carboxylic acids is 1. The van der Waals surface area contributed by atoms with Crippen LogP contribution >= 0.6 is 0 Å². The molecule has 3 rings (SSSR count). The number of hydrogen-bond donors (Lipinski definition) is 5. The monoisotopic (exact) mass is 449 g/mol. The summed E-state index contributed by atoms with van der Waals surface area (Å²) in [5, 5.41) is 41.8. The fourth-order valence-corrected chi connectivity index (χ4v) is 3.03. The Kier molecular flexibility index (Phi) is 7.20. The summed E-state index contributed by atoms with van der Waals surface area (Å²) in [7, 11) is 0. The topological polar surface area (TPSA) is 181 Å². The van der Waals surface area contributed by atoms with Crippen molar-refractivity contribution in [1.82, 2.24) is 9.97 Å². The van der Waals surface area contributed by atoms with E-state index < -0.39 is 49.3 Å². The van der Waals surface area contributed by atoms with Gasteiger partial charge in [0.2, 0.25) is 12.2 Å². The third kappa shape index (κ3) is 5.68. The minimum atomic E-state index is -1.82. The number of carboxylic acids is 1. The van der Waals surface area contributed by atoms with Gasteiger partial charge in [0.25, 0.3) is 0 Å². The van der Waals surface area contributed by atoms with E-state index in [1.165, 1.54) is 0 Å². The van der Waals surface area contributed by atoms with Gasteiger partial charge in [-0.25, -0.2) is 19.6 Å². The second kappa shape index (κ2) is 9.87. The summed E-state index contributed by atoms with van der Waals surface area (Å²) in [5.41, 5.74) is 2.29. The molecule has 1 saturated heterocycles. The minimum Gasteiger partial charge on any atom is -0.473 e. The molecule has 0 aliphatic carbocycles. The average Bonchev–Trinajstić information content (AvgIpc) is 2.73. The summed E-state index contributed by atoms with van der Waals surface area (Å²) >= 11 is 0. The van der Waals surface area contributed by atoms with Gasteiger partial charge in [0, 0.05) is 17.1 Å². The summed E-state index contributed by atoms with van der Waals surface area (Å²) in [6.45, 7) is 3.05. The fourth-order valence-electron chi connectivity index (χ4n) is 3.03. The van der Waals surface area contributed by atoms with Crippen molar-refractivity contribution in [3.8, 4) is 5.75 Å². The van der Waals surface area contributed by atoms with Crippen LogP contribution in [0.3, 0.4) is 0 Å². The lowest BCUT2D eigenvalue weighted by atomic mass is 9.99. The molecule has 12 heteroatoms. The third-order valence-electron chi connectivity index (χ3n) is 4.57. The molecular formula is C20H23N3O9. The zero-order chi connectivity index (χ0) is 23.4. The lowest BCUT2D eigenvalue weighted by Gasteiger charge is -2.39. The molecule has 0 bridgehead atoms. The molecular weight excluding hydrogens is 426 g/mol. The molecule has 1 aliphatic rings. The summed E-state index contributed by atoms with van der Waals surface area (Å²) < 4.78 is 15.4. The predicted molar refractivity (Wildman–Crippen MR) is 107 cm³/mol. The first kappa shape index (κ1) is 23.3. The standard InChI is InChI=1S/C20H23N3O9/c1-9-7-10(2)22-20(21-9)23-11-3-5-12(6-4-11)31-19-16(26)15(25)14(24)13(32-19)8-30-18(29)17(27)28/h3-7,13-16,19,24-26H,8H2,1-2H3,(H,27,28)(H,21,22,23)/t13-,14-,15+,16-,19-/m1/s1. The third-order valence-corrected chi connectivity index (χ3v) is 4.57. The Morgan fingerprint density at radius 3 is 2.25 bits per heavy atom. The molecule has 12 nitrogen and oxygen atoms in total. The molecule has 0 saturated carbocycles. The Balaban J connectivity index is 1.64. The first-order chi connectivity index (χ1) is 15.1. The molecule has 5 N–H and O–H groups in total. The second-order valence-corrected chi connectivity index (χ2v) is 7.16. The minimum absolute atomic E-state index is 0.269. The first-order valence-electron chi connectivity index (χ1n) is 9.60. The number of nitrogens with zero attached hydrogens (tertiary/aromatic N) is 2. The van der Waals surface area contributed by atoms with Crippen LogP contribution in [-0.4, -0.2) is 79.6 Å². The number of rotatable bonds is 6. The molecule has 1 aliphatic heterocycles. The van der Waals surface area contributed by atoms with Crippen molar-refractivity contribution < 1.29 is 44.2 Å². The Morgan fingerprint density at radius 1 is 1.03 bits per heavy atom. The molecule has 172 valence electrons. The van der Waals surface area contributed by atoms with Crippen LogP contribution in [0.15, 0.2) is 30.3 Å². The molecule has 32 heavy (non-hydrogen) atoms. The van der Waals surface area contributed by atoms with Crippen LogP contribution in [0.4, 0.5) is 11.6 Å². The highest BCUT2D eigenvalue weighted by atomic mass is 16.7. The summed E-state index contributed by atoms with van der Waals surface area (Å²) in [4.78, 5) is 30.2. The van der Waals surface area contributed by atoms with E-state index in [0.29, 0.717) is 11.6 Å². The Morgan fingerprint density at radius 2 is 1.66 bits per heavy atom. The van der Waals surface area contributed by atoms with Gasteiger partial charge >= 0.3 is 11.9 Å². The zero-order valence-corrected chi connectivity index (χ0v) is 17.2. The number of aryl methyl sites for hydroxylation is 2. The van der Waals surface area contributed by atoms with Crippen molar-refractivity contribution in [3.05, 3.63) is 41.7 Å². The molecule has 0 unspecified atom stereocenters. The average molecular weight is 449 g/mol. The van der Waals surface area contributed by atoms with Crippen molar-refractivity contribution in [3.63, 3.8) is 0 Å². The van der Waals surface area contributed by atoms with Crippen LogP contribution in [0.2, 0.25) is 0 Å². The van der Waals surface area contributed by atoms with Gasteiger partial charge in [-0.15, -0.1) is 0 Å². The molecule has 0 amide bonds. The Labute approximate surface area is 182 Å². The lowest BCUT2D eigenvalue weighted by Crippen LogP contribution is -2.60. The van der Waals surface area contributed by atoms with Gasteiger partial charge in [0.15, 0.2) is 0 Å². The number of carbonyl (C=O) groups is 2. The fraction of sp³-hybridized carbons (Fsp3) is 0.400. The van der Waals surface area contributed by atoms with Crippen molar-refractivity contribution in [2.75, 3.05) is 11.9 Å². The number of aliphatic hydroxyl groups excluding tert-OH is 3. The van der Waals surface area contributed by atoms with E-state index >= 15 is 0 Å². The van der Waals surface area contributed by atoms with E-state index in [0.717, 1.165) is 11.4 Å². The van der Waals surface area contributed by atoms with E-state index in [1.807, 2.05) is 19.9 Å². The highest BCUT2D eigenvalue weighted by molar-refractivity contribution is 6.28. The summed E-state index contributed by atoms with van der Waals surface area (Å²) in [6.07, 6.45) is -7.65. The summed E-state index contributed by atoms with van der Waals surface area (Å²) in [5.74, 6) is -2.66. The maximum atomic E-state index is 11.1. The molecule has 1 fully saturated rings. The van der Waals surface area contributed by atoms with Gasteiger partial charge < -0.3 is 40.0 Å². The molecule has 1 aromatic heterocycles. The number of aliphatic carboxylic acids is 1. The lowest BCUT2D eigenvalue weighted by molar-refractivity contribution is -0.278. The van der Waals surface area contributed by atoms with Crippen LogP contribution in [0.25, 0.3) is 0 Å². The Bertz CT molecular complexity index is 949. The predicted octanol–water partition coefficient (Wildman–Crippen LogP) is -0.349. The molecule has 2 heterocycles. The number of nitrogens with one attached hydrogen (secondary N) is 1. The molecule has 1 aromatic carbocycles. The SMILES string of the molecule is Cc1cc(C)nc(Nc2ccc(O[C@@H]3O[C@H](COC(=O)C(=O)O)[C@@H](O)[C@H](O)[C@H]3O)cc2)n1. The number of carboxylic acid groups (broad SMARTS) is 1. The number of hydrogen-bond acceptors (Lipinski definition) is 11. The summed E-state index contributed by atoms with van der Waals surface area (Å²) in [6, 6.07) is 8.32. The number of anilines is 2. The number of ether oxygens (including phenoxy) is 3. The van der Waals surface area contributed by atoms with Crippen LogP contribution < -0.4 is 10.1 Å². The van der Waals surface area contributed by atoms with E-state index in [-0.39, 0.29) is 5.75 Å². The normalized spacial score (nSPS) is 25.1. The number of esters is 1. The molecule has 5 atom stereocenters. The van der Waals surface area contributed by atoms with E-state index in [9.17, 15) is 24.9 Å². The van der Waals surface area contributed by atoms with Crippen molar-refractivity contribution in [2.45, 2.75) is 44.6 Å².